The first-order chi connectivity index (χ1) is 12.0. The van der Waals surface area contributed by atoms with E-state index in [1.54, 1.807) is 24.3 Å². The van der Waals surface area contributed by atoms with Crippen molar-refractivity contribution in [3.05, 3.63) is 59.2 Å². The van der Waals surface area contributed by atoms with Gasteiger partial charge in [-0.2, -0.15) is 0 Å². The lowest BCUT2D eigenvalue weighted by Crippen LogP contribution is -2.32. The topological polar surface area (TPSA) is 102 Å². The Kier molecular flexibility index (Phi) is 6.94. The molecule has 0 fully saturated rings. The quantitative estimate of drug-likeness (QED) is 0.270. The molecule has 5 N–H and O–H groups in total. The number of anilines is 1. The molecule has 0 aliphatic heterocycles. The van der Waals surface area contributed by atoms with Gasteiger partial charge in [-0.15, -0.1) is 0 Å². The van der Waals surface area contributed by atoms with Crippen LogP contribution in [0.4, 0.5) is 5.69 Å². The molecule has 2 aromatic carbocycles. The van der Waals surface area contributed by atoms with Crippen LogP contribution in [0.5, 0.6) is 5.75 Å². The minimum atomic E-state index is -0.736. The molecular formula is C19H24N2O4. The molecule has 0 radical (unpaired) electrons. The third-order valence-corrected chi connectivity index (χ3v) is 3.99. The van der Waals surface area contributed by atoms with E-state index >= 15 is 0 Å². The maximum atomic E-state index is 10.7. The summed E-state index contributed by atoms with van der Waals surface area (Å²) in [6.45, 7) is 2.08. The molecule has 6 nitrogen and oxygen atoms in total. The number of aliphatic hydroxyl groups excluding tert-OH is 2. The Balaban J connectivity index is 1.88. The van der Waals surface area contributed by atoms with E-state index in [4.69, 9.17) is 5.11 Å². The number of aliphatic hydroxyl groups is 2. The zero-order chi connectivity index (χ0) is 18.2. The Bertz CT molecular complexity index is 688. The molecule has 134 valence electrons. The number of benzene rings is 2. The number of carbonyl (C=O) groups excluding carboxylic acids is 1. The number of phenols is 1. The van der Waals surface area contributed by atoms with Crippen LogP contribution in [0.25, 0.3) is 0 Å². The first kappa shape index (κ1) is 18.9. The molecule has 2 rings (SSSR count). The van der Waals surface area contributed by atoms with Gasteiger partial charge in [0, 0.05) is 18.2 Å². The first-order valence-electron chi connectivity index (χ1n) is 8.16. The van der Waals surface area contributed by atoms with Crippen molar-refractivity contribution in [3.63, 3.8) is 0 Å². The van der Waals surface area contributed by atoms with E-state index in [0.717, 1.165) is 18.3 Å². The summed E-state index contributed by atoms with van der Waals surface area (Å²) < 4.78 is 0. The third kappa shape index (κ3) is 5.56. The van der Waals surface area contributed by atoms with Crippen molar-refractivity contribution in [1.82, 2.24) is 5.32 Å². The van der Waals surface area contributed by atoms with Gasteiger partial charge in [0.15, 0.2) is 0 Å². The number of hydrogen-bond acceptors (Lipinski definition) is 6. The zero-order valence-corrected chi connectivity index (χ0v) is 14.1. The van der Waals surface area contributed by atoms with Crippen LogP contribution in [0.3, 0.4) is 0 Å². The minimum Gasteiger partial charge on any atom is -0.506 e. The van der Waals surface area contributed by atoms with Gasteiger partial charge in [-0.3, -0.25) is 4.79 Å². The number of nitrogens with one attached hydrogen (secondary N) is 2. The van der Waals surface area contributed by atoms with Crippen LogP contribution in [0.1, 0.15) is 34.5 Å². The number of phenolic OH excluding ortho intramolecular Hbond substituents is 1. The van der Waals surface area contributed by atoms with Crippen LogP contribution in [-0.2, 0) is 6.42 Å². The maximum absolute atomic E-state index is 10.7. The third-order valence-electron chi connectivity index (χ3n) is 3.99. The zero-order valence-electron chi connectivity index (χ0n) is 14.1. The molecule has 0 aliphatic rings. The molecule has 0 saturated heterocycles. The van der Waals surface area contributed by atoms with Gasteiger partial charge in [0.25, 0.3) is 0 Å². The molecule has 0 saturated carbocycles. The monoisotopic (exact) mass is 344 g/mol. The van der Waals surface area contributed by atoms with Gasteiger partial charge < -0.3 is 26.0 Å². The second-order valence-corrected chi connectivity index (χ2v) is 6.00. The average Bonchev–Trinajstić information content (AvgIpc) is 2.62. The van der Waals surface area contributed by atoms with Crippen LogP contribution >= 0.6 is 0 Å². The summed E-state index contributed by atoms with van der Waals surface area (Å²) >= 11 is 0. The summed E-state index contributed by atoms with van der Waals surface area (Å²) in [5, 5.41) is 34.8. The lowest BCUT2D eigenvalue weighted by Gasteiger charge is -2.18. The van der Waals surface area contributed by atoms with Crippen molar-refractivity contribution in [2.75, 3.05) is 18.6 Å². The van der Waals surface area contributed by atoms with E-state index in [-0.39, 0.29) is 18.5 Å². The SMILES string of the molecule is C[C@@H](Cc1ccc(C=O)cc1)NC[C@@H](O)c1ccc(O)c(NCO)c1. The molecule has 0 unspecified atom stereocenters. The van der Waals surface area contributed by atoms with Gasteiger partial charge in [-0.25, -0.2) is 0 Å². The van der Waals surface area contributed by atoms with E-state index in [1.165, 1.54) is 6.07 Å². The highest BCUT2D eigenvalue weighted by Gasteiger charge is 2.12. The van der Waals surface area contributed by atoms with Gasteiger partial charge in [-0.1, -0.05) is 30.3 Å². The molecule has 0 aliphatic carbocycles. The van der Waals surface area contributed by atoms with Crippen LogP contribution in [0.2, 0.25) is 0 Å². The highest BCUT2D eigenvalue weighted by molar-refractivity contribution is 5.74. The summed E-state index contributed by atoms with van der Waals surface area (Å²) in [4.78, 5) is 10.7. The Hall–Kier alpha value is -2.41. The Labute approximate surface area is 147 Å². The Morgan fingerprint density at radius 3 is 2.52 bits per heavy atom. The van der Waals surface area contributed by atoms with Gasteiger partial charge in [0.2, 0.25) is 0 Å². The van der Waals surface area contributed by atoms with Gasteiger partial charge >= 0.3 is 0 Å². The van der Waals surface area contributed by atoms with Crippen molar-refractivity contribution in [2.24, 2.45) is 0 Å². The van der Waals surface area contributed by atoms with Gasteiger partial charge in [0.1, 0.15) is 18.8 Å². The van der Waals surface area contributed by atoms with Crippen LogP contribution < -0.4 is 10.6 Å². The fourth-order valence-electron chi connectivity index (χ4n) is 2.58. The highest BCUT2D eigenvalue weighted by Crippen LogP contribution is 2.26. The highest BCUT2D eigenvalue weighted by atomic mass is 16.3. The van der Waals surface area contributed by atoms with Crippen molar-refractivity contribution < 1.29 is 20.1 Å². The summed E-state index contributed by atoms with van der Waals surface area (Å²) in [6, 6.07) is 12.3. The number of aldehydes is 1. The van der Waals surface area contributed by atoms with Crippen LogP contribution in [-0.4, -0.2) is 40.9 Å². The van der Waals surface area contributed by atoms with Gasteiger partial charge in [0.05, 0.1) is 11.8 Å². The predicted molar refractivity (Wildman–Crippen MR) is 96.8 cm³/mol. The Morgan fingerprint density at radius 1 is 1.16 bits per heavy atom. The fourth-order valence-corrected chi connectivity index (χ4v) is 2.58. The fraction of sp³-hybridized carbons (Fsp3) is 0.316. The number of aromatic hydroxyl groups is 1. The van der Waals surface area contributed by atoms with E-state index in [0.29, 0.717) is 23.4 Å². The van der Waals surface area contributed by atoms with Crippen molar-refractivity contribution in [1.29, 1.82) is 0 Å². The molecule has 6 heteroatoms. The van der Waals surface area contributed by atoms with E-state index < -0.39 is 6.10 Å². The smallest absolute Gasteiger partial charge is 0.150 e. The molecule has 0 amide bonds. The molecular weight excluding hydrogens is 320 g/mol. The maximum Gasteiger partial charge on any atom is 0.150 e. The van der Waals surface area contributed by atoms with E-state index in [2.05, 4.69) is 10.6 Å². The summed E-state index contributed by atoms with van der Waals surface area (Å²) in [7, 11) is 0. The Morgan fingerprint density at radius 2 is 1.88 bits per heavy atom. The molecule has 0 bridgehead atoms. The molecule has 2 aromatic rings. The number of carbonyl (C=O) groups is 1. The number of hydrogen-bond donors (Lipinski definition) is 5. The van der Waals surface area contributed by atoms with E-state index in [1.807, 2.05) is 19.1 Å². The largest absolute Gasteiger partial charge is 0.506 e. The standard InChI is InChI=1S/C19H24N2O4/c1-13(8-14-2-4-15(11-22)5-3-14)20-10-19(25)16-6-7-18(24)17(9-16)21-12-23/h2-7,9,11,13,19-21,23-25H,8,10,12H2,1H3/t13-,19+/m0/s1. The average molecular weight is 344 g/mol. The molecule has 2 atom stereocenters. The molecule has 0 spiro atoms. The second kappa shape index (κ2) is 9.17. The molecule has 0 aromatic heterocycles. The normalized spacial score (nSPS) is 13.2. The molecule has 0 heterocycles. The van der Waals surface area contributed by atoms with E-state index in [9.17, 15) is 15.0 Å². The first-order valence-corrected chi connectivity index (χ1v) is 8.16. The van der Waals surface area contributed by atoms with Crippen molar-refractivity contribution in [3.8, 4) is 5.75 Å². The van der Waals surface area contributed by atoms with Crippen LogP contribution in [0, 0.1) is 0 Å². The van der Waals surface area contributed by atoms with Gasteiger partial charge in [-0.05, 0) is 36.6 Å². The minimum absolute atomic E-state index is 0.0186. The van der Waals surface area contributed by atoms with Crippen molar-refractivity contribution in [2.45, 2.75) is 25.5 Å². The summed E-state index contributed by atoms with van der Waals surface area (Å²) in [5.41, 5.74) is 2.78. The second-order valence-electron chi connectivity index (χ2n) is 6.00. The summed E-state index contributed by atoms with van der Waals surface area (Å²) in [5.74, 6) is 0.0186. The molecule has 25 heavy (non-hydrogen) atoms. The van der Waals surface area contributed by atoms with Crippen molar-refractivity contribution >= 4 is 12.0 Å². The predicted octanol–water partition coefficient (Wildman–Crippen LogP) is 1.82. The summed E-state index contributed by atoms with van der Waals surface area (Å²) in [6.07, 6.45) is 0.859. The lowest BCUT2D eigenvalue weighted by atomic mass is 10.0. The lowest BCUT2D eigenvalue weighted by molar-refractivity contribution is 0.112. The van der Waals surface area contributed by atoms with Crippen LogP contribution in [0.15, 0.2) is 42.5 Å². The number of rotatable bonds is 9.